The zero-order valence-corrected chi connectivity index (χ0v) is 9.15. The summed E-state index contributed by atoms with van der Waals surface area (Å²) in [6, 6.07) is 1.49. The fourth-order valence-electron chi connectivity index (χ4n) is 1.08. The van der Waals surface area contributed by atoms with Gasteiger partial charge >= 0.3 is 11.4 Å². The second-order valence-electron chi connectivity index (χ2n) is 2.81. The first kappa shape index (κ1) is 12.6. The number of aryl methyl sites for hydroxylation is 1. The summed E-state index contributed by atoms with van der Waals surface area (Å²) < 4.78 is 0.683. The summed E-state index contributed by atoms with van der Waals surface area (Å²) >= 11 is 5.63. The highest BCUT2D eigenvalue weighted by Gasteiger charge is 2.27. The van der Waals surface area contributed by atoms with Crippen LogP contribution in [0.1, 0.15) is 5.56 Å². The third kappa shape index (κ3) is 2.06. The molecular formula is C8H4ClN5O3. The average Bonchev–Trinajstić information content (AvgIpc) is 2.29. The van der Waals surface area contributed by atoms with Gasteiger partial charge in [0.05, 0.1) is 12.1 Å². The van der Waals surface area contributed by atoms with Crippen LogP contribution in [-0.4, -0.2) is 20.6 Å². The van der Waals surface area contributed by atoms with Gasteiger partial charge in [-0.1, -0.05) is 11.6 Å². The molecule has 0 radical (unpaired) electrons. The molecule has 1 rings (SSSR count). The third-order valence-corrected chi connectivity index (χ3v) is 2.18. The Morgan fingerprint density at radius 1 is 1.71 bits per heavy atom. The van der Waals surface area contributed by atoms with Gasteiger partial charge in [0.1, 0.15) is 22.2 Å². The molecule has 0 saturated heterocycles. The monoisotopic (exact) mass is 253 g/mol. The maximum atomic E-state index is 11.4. The lowest BCUT2D eigenvalue weighted by molar-refractivity contribution is -0.390. The molecule has 0 unspecified atom stereocenters. The number of nitriles is 1. The minimum absolute atomic E-state index is 0.489. The molecule has 9 heteroatoms. The van der Waals surface area contributed by atoms with E-state index in [2.05, 4.69) is 5.10 Å². The van der Waals surface area contributed by atoms with E-state index in [1.165, 1.54) is 13.1 Å². The van der Waals surface area contributed by atoms with Crippen molar-refractivity contribution in [1.29, 1.82) is 10.7 Å². The van der Waals surface area contributed by atoms with E-state index >= 15 is 0 Å². The Bertz CT molecular complexity index is 650. The predicted molar refractivity (Wildman–Crippen MR) is 57.9 cm³/mol. The Labute approximate surface area is 99.0 Å². The summed E-state index contributed by atoms with van der Waals surface area (Å²) in [6.07, 6.45) is 0. The van der Waals surface area contributed by atoms with Crippen molar-refractivity contribution in [2.45, 2.75) is 0 Å². The van der Waals surface area contributed by atoms with Crippen LogP contribution in [0.25, 0.3) is 5.57 Å². The van der Waals surface area contributed by atoms with E-state index in [0.717, 1.165) is 0 Å². The molecular weight excluding hydrogens is 250 g/mol. The van der Waals surface area contributed by atoms with Gasteiger partial charge in [-0.05, 0) is 10.8 Å². The van der Waals surface area contributed by atoms with Gasteiger partial charge in [0.25, 0.3) is 0 Å². The van der Waals surface area contributed by atoms with Crippen LogP contribution in [0.3, 0.4) is 0 Å². The van der Waals surface area contributed by atoms with Gasteiger partial charge in [-0.3, -0.25) is 10.2 Å². The van der Waals surface area contributed by atoms with E-state index in [4.69, 9.17) is 22.3 Å². The molecule has 1 aromatic rings. The van der Waals surface area contributed by atoms with Crippen LogP contribution in [0, 0.1) is 26.9 Å². The van der Waals surface area contributed by atoms with E-state index in [1.54, 1.807) is 5.87 Å². The molecule has 17 heavy (non-hydrogen) atoms. The maximum Gasteiger partial charge on any atom is 0.399 e. The van der Waals surface area contributed by atoms with E-state index < -0.39 is 32.5 Å². The van der Waals surface area contributed by atoms with Crippen molar-refractivity contribution < 1.29 is 4.92 Å². The molecule has 0 fully saturated rings. The Morgan fingerprint density at radius 3 is 2.71 bits per heavy atom. The van der Waals surface area contributed by atoms with Gasteiger partial charge < -0.3 is 10.1 Å². The summed E-state index contributed by atoms with van der Waals surface area (Å²) in [5.41, 5.74) is -1.81. The zero-order valence-electron chi connectivity index (χ0n) is 8.39. The normalized spacial score (nSPS) is 9.24. The summed E-state index contributed by atoms with van der Waals surface area (Å²) in [5, 5.41) is 29.1. The van der Waals surface area contributed by atoms with Gasteiger partial charge in [-0.2, -0.15) is 5.26 Å². The van der Waals surface area contributed by atoms with Crippen molar-refractivity contribution in [2.24, 2.45) is 7.05 Å². The van der Waals surface area contributed by atoms with Crippen molar-refractivity contribution in [3.05, 3.63) is 31.1 Å². The molecule has 0 amide bonds. The summed E-state index contributed by atoms with van der Waals surface area (Å²) in [4.78, 5) is 21.3. The SMILES string of the molecule is Cn1nc([N+](=O)[O-])c(C(=C=N)C#N)c(Cl)c1=O. The van der Waals surface area contributed by atoms with Crippen LogP contribution < -0.4 is 5.56 Å². The van der Waals surface area contributed by atoms with Crippen LogP contribution in [0.2, 0.25) is 5.02 Å². The highest BCUT2D eigenvalue weighted by Crippen LogP contribution is 2.26. The molecule has 0 atom stereocenters. The lowest BCUT2D eigenvalue weighted by Crippen LogP contribution is -2.23. The molecule has 0 aliphatic heterocycles. The third-order valence-electron chi connectivity index (χ3n) is 1.83. The number of nitrogens with one attached hydrogen (secondary N) is 1. The highest BCUT2D eigenvalue weighted by molar-refractivity contribution is 6.33. The van der Waals surface area contributed by atoms with Crippen molar-refractivity contribution in [3.63, 3.8) is 0 Å². The quantitative estimate of drug-likeness (QED) is 0.355. The molecule has 0 spiro atoms. The summed E-state index contributed by atoms with van der Waals surface area (Å²) in [7, 11) is 1.19. The highest BCUT2D eigenvalue weighted by atomic mass is 35.5. The van der Waals surface area contributed by atoms with Gasteiger partial charge in [-0.25, -0.2) is 0 Å². The summed E-state index contributed by atoms with van der Waals surface area (Å²) in [6.45, 7) is 0. The van der Waals surface area contributed by atoms with E-state index in [9.17, 15) is 14.9 Å². The fourth-order valence-corrected chi connectivity index (χ4v) is 1.38. The average molecular weight is 254 g/mol. The Kier molecular flexibility index (Phi) is 3.38. The number of nitrogens with zero attached hydrogens (tertiary/aromatic N) is 4. The number of rotatable bonds is 2. The van der Waals surface area contributed by atoms with Crippen LogP contribution in [0.4, 0.5) is 5.82 Å². The van der Waals surface area contributed by atoms with Crippen LogP contribution in [-0.2, 0) is 7.05 Å². The number of hydrogen-bond acceptors (Lipinski definition) is 6. The van der Waals surface area contributed by atoms with Gasteiger partial charge in [0.15, 0.2) is 0 Å². The molecule has 1 N–H and O–H groups in total. The Balaban J connectivity index is 3.88. The van der Waals surface area contributed by atoms with Gasteiger partial charge in [0, 0.05) is 0 Å². The van der Waals surface area contributed by atoms with Crippen LogP contribution >= 0.6 is 11.6 Å². The largest absolute Gasteiger partial charge is 0.399 e. The van der Waals surface area contributed by atoms with E-state index in [1.807, 2.05) is 0 Å². The van der Waals surface area contributed by atoms with Gasteiger partial charge in [-0.15, -0.1) is 4.68 Å². The molecule has 0 aliphatic rings. The first-order valence-corrected chi connectivity index (χ1v) is 4.43. The first-order chi connectivity index (χ1) is 7.93. The van der Waals surface area contributed by atoms with Crippen molar-refractivity contribution in [1.82, 2.24) is 9.78 Å². The maximum absolute atomic E-state index is 11.4. The topological polar surface area (TPSA) is 126 Å². The zero-order chi connectivity index (χ0) is 13.2. The van der Waals surface area contributed by atoms with E-state index in [-0.39, 0.29) is 0 Å². The number of halogens is 1. The molecule has 0 bridgehead atoms. The number of allylic oxidation sites excluding steroid dienone is 1. The minimum Gasteiger partial charge on any atom is -0.358 e. The number of hydrogen-bond donors (Lipinski definition) is 1. The molecule has 86 valence electrons. The van der Waals surface area contributed by atoms with Crippen molar-refractivity contribution >= 4 is 28.9 Å². The van der Waals surface area contributed by atoms with Gasteiger partial charge in [0.2, 0.25) is 0 Å². The van der Waals surface area contributed by atoms with Crippen LogP contribution in [0.5, 0.6) is 0 Å². The lowest BCUT2D eigenvalue weighted by atomic mass is 10.1. The minimum atomic E-state index is -0.894. The van der Waals surface area contributed by atoms with E-state index in [0.29, 0.717) is 4.68 Å². The second-order valence-corrected chi connectivity index (χ2v) is 3.19. The van der Waals surface area contributed by atoms with Crippen LogP contribution in [0.15, 0.2) is 4.79 Å². The molecule has 8 nitrogen and oxygen atoms in total. The lowest BCUT2D eigenvalue weighted by Gasteiger charge is -2.01. The molecule has 0 aliphatic carbocycles. The summed E-state index contributed by atoms with van der Waals surface area (Å²) in [5.74, 6) is 0.909. The molecule has 1 heterocycles. The standard InChI is InChI=1S/C8H4ClN5O3/c1-13-8(15)6(9)5(4(2-10)3-11)7(12-13)14(16)17/h10H,1H3. The second kappa shape index (κ2) is 4.57. The molecule has 0 aromatic carbocycles. The first-order valence-electron chi connectivity index (χ1n) is 4.05. The fraction of sp³-hybridized carbons (Fsp3) is 0.125. The number of nitro groups is 1. The molecule has 0 saturated carbocycles. The van der Waals surface area contributed by atoms with Crippen molar-refractivity contribution in [2.75, 3.05) is 0 Å². The smallest absolute Gasteiger partial charge is 0.358 e. The van der Waals surface area contributed by atoms with Crippen molar-refractivity contribution in [3.8, 4) is 6.07 Å². The number of aromatic nitrogens is 2. The Hall–Kier alpha value is -2.49. The Morgan fingerprint density at radius 2 is 2.29 bits per heavy atom. The predicted octanol–water partition coefficient (Wildman–Crippen LogP) is 0.497. The molecule has 1 aromatic heterocycles.